The summed E-state index contributed by atoms with van der Waals surface area (Å²) in [4.78, 5) is 39.3. The number of nitrogens with zero attached hydrogens (tertiary/aromatic N) is 1. The molecule has 0 radical (unpaired) electrons. The standard InChI is InChI=1S/C31H22BrF3N2O5S/c1-41-26-11-9-21(31(33,34)35)15-24(26)36-28(38)16-37-29(39)27(43-30(37)40)14-20-13-22(32)10-12-25(20)42-17-19-7-4-6-18-5-2-3-8-23(18)19/h2-15H,16-17H2,1H3,(H,36,38)/b27-14-. The number of nitrogens with one attached hydrogen (secondary N) is 1. The molecule has 220 valence electrons. The number of amides is 3. The fourth-order valence-electron chi connectivity index (χ4n) is 4.43. The van der Waals surface area contributed by atoms with Crippen LogP contribution in [0.1, 0.15) is 16.7 Å². The van der Waals surface area contributed by atoms with Gasteiger partial charge in [-0.15, -0.1) is 0 Å². The number of carbonyl (C=O) groups is 3. The second-order valence-corrected chi connectivity index (χ2v) is 11.2. The smallest absolute Gasteiger partial charge is 0.416 e. The molecule has 0 bridgehead atoms. The first-order valence-corrected chi connectivity index (χ1v) is 14.3. The molecule has 1 N–H and O–H groups in total. The number of methoxy groups -OCH3 is 1. The van der Waals surface area contributed by atoms with Gasteiger partial charge in [0.15, 0.2) is 0 Å². The van der Waals surface area contributed by atoms with Crippen LogP contribution in [0.4, 0.5) is 23.7 Å². The van der Waals surface area contributed by atoms with Gasteiger partial charge in [-0.1, -0.05) is 58.4 Å². The van der Waals surface area contributed by atoms with E-state index >= 15 is 0 Å². The van der Waals surface area contributed by atoms with Crippen molar-refractivity contribution in [2.45, 2.75) is 12.8 Å². The molecule has 0 unspecified atom stereocenters. The minimum Gasteiger partial charge on any atom is -0.495 e. The van der Waals surface area contributed by atoms with Crippen LogP contribution < -0.4 is 14.8 Å². The van der Waals surface area contributed by atoms with Crippen LogP contribution in [0, 0.1) is 0 Å². The Kier molecular flexibility index (Phi) is 8.79. The number of ether oxygens (including phenoxy) is 2. The van der Waals surface area contributed by atoms with Crippen LogP contribution in [0.15, 0.2) is 88.2 Å². The summed E-state index contributed by atoms with van der Waals surface area (Å²) in [6.45, 7) is -0.450. The van der Waals surface area contributed by atoms with Crippen molar-refractivity contribution in [2.24, 2.45) is 0 Å². The number of hydrogen-bond donors (Lipinski definition) is 1. The molecule has 43 heavy (non-hydrogen) atoms. The summed E-state index contributed by atoms with van der Waals surface area (Å²) in [6.07, 6.45) is -3.14. The molecule has 3 amide bonds. The highest BCUT2D eigenvalue weighted by atomic mass is 79.9. The van der Waals surface area contributed by atoms with E-state index in [1.54, 1.807) is 18.2 Å². The van der Waals surface area contributed by atoms with E-state index in [1.165, 1.54) is 13.2 Å². The van der Waals surface area contributed by atoms with E-state index in [4.69, 9.17) is 9.47 Å². The summed E-state index contributed by atoms with van der Waals surface area (Å²) in [5.74, 6) is -1.14. The number of fused-ring (bicyclic) bond motifs is 1. The summed E-state index contributed by atoms with van der Waals surface area (Å²) < 4.78 is 51.4. The first-order chi connectivity index (χ1) is 20.5. The third-order valence-electron chi connectivity index (χ3n) is 6.50. The maximum atomic E-state index is 13.2. The molecule has 0 aromatic heterocycles. The lowest BCUT2D eigenvalue weighted by Gasteiger charge is -2.16. The molecule has 1 aliphatic heterocycles. The Hall–Kier alpha value is -4.29. The van der Waals surface area contributed by atoms with Crippen molar-refractivity contribution in [2.75, 3.05) is 19.0 Å². The van der Waals surface area contributed by atoms with E-state index in [0.29, 0.717) is 27.5 Å². The Balaban J connectivity index is 1.32. The second-order valence-electron chi connectivity index (χ2n) is 9.34. The van der Waals surface area contributed by atoms with E-state index in [0.717, 1.165) is 39.4 Å². The maximum Gasteiger partial charge on any atom is 0.416 e. The number of alkyl halides is 3. The van der Waals surface area contributed by atoms with Crippen molar-refractivity contribution < 1.29 is 37.0 Å². The molecule has 5 rings (SSSR count). The number of anilines is 1. The normalized spacial score (nSPS) is 14.4. The molecule has 4 aromatic carbocycles. The topological polar surface area (TPSA) is 84.9 Å². The second kappa shape index (κ2) is 12.5. The van der Waals surface area contributed by atoms with Crippen LogP contribution in [0.25, 0.3) is 16.8 Å². The molecule has 1 aliphatic rings. The first-order valence-electron chi connectivity index (χ1n) is 12.7. The van der Waals surface area contributed by atoms with Crippen molar-refractivity contribution in [3.8, 4) is 11.5 Å². The Morgan fingerprint density at radius 1 is 1.00 bits per heavy atom. The molecular weight excluding hydrogens is 649 g/mol. The zero-order valence-corrected chi connectivity index (χ0v) is 24.8. The average molecular weight is 671 g/mol. The Morgan fingerprint density at radius 3 is 2.51 bits per heavy atom. The van der Waals surface area contributed by atoms with Crippen LogP contribution in [-0.2, 0) is 22.4 Å². The van der Waals surface area contributed by atoms with Gasteiger partial charge in [-0.25, -0.2) is 0 Å². The Labute approximate surface area is 256 Å². The number of benzene rings is 4. The Morgan fingerprint density at radius 2 is 1.74 bits per heavy atom. The van der Waals surface area contributed by atoms with E-state index in [9.17, 15) is 27.6 Å². The molecule has 0 spiro atoms. The van der Waals surface area contributed by atoms with Gasteiger partial charge in [-0.3, -0.25) is 19.3 Å². The fourth-order valence-corrected chi connectivity index (χ4v) is 5.64. The molecule has 0 saturated carbocycles. The largest absolute Gasteiger partial charge is 0.495 e. The number of hydrogen-bond acceptors (Lipinski definition) is 6. The summed E-state index contributed by atoms with van der Waals surface area (Å²) in [5, 5.41) is 3.72. The van der Waals surface area contributed by atoms with Crippen LogP contribution >= 0.6 is 27.7 Å². The quantitative estimate of drug-likeness (QED) is 0.192. The van der Waals surface area contributed by atoms with Gasteiger partial charge < -0.3 is 14.8 Å². The molecule has 0 aliphatic carbocycles. The SMILES string of the molecule is COc1ccc(C(F)(F)F)cc1NC(=O)CN1C(=O)S/C(=C\c2cc(Br)ccc2OCc2cccc3ccccc23)C1=O. The van der Waals surface area contributed by atoms with Gasteiger partial charge in [0, 0.05) is 10.0 Å². The lowest BCUT2D eigenvalue weighted by atomic mass is 10.1. The number of rotatable bonds is 8. The number of carbonyl (C=O) groups excluding carboxylic acids is 3. The van der Waals surface area contributed by atoms with E-state index in [2.05, 4.69) is 21.2 Å². The lowest BCUT2D eigenvalue weighted by Crippen LogP contribution is -2.36. The van der Waals surface area contributed by atoms with Crippen LogP contribution in [-0.4, -0.2) is 35.6 Å². The highest BCUT2D eigenvalue weighted by molar-refractivity contribution is 9.10. The molecule has 4 aromatic rings. The predicted molar refractivity (Wildman–Crippen MR) is 162 cm³/mol. The van der Waals surface area contributed by atoms with Gasteiger partial charge in [0.2, 0.25) is 5.91 Å². The highest BCUT2D eigenvalue weighted by Crippen LogP contribution is 2.37. The zero-order chi connectivity index (χ0) is 30.7. The van der Waals surface area contributed by atoms with Crippen LogP contribution in [0.2, 0.25) is 0 Å². The van der Waals surface area contributed by atoms with E-state index in [-0.39, 0.29) is 22.9 Å². The van der Waals surface area contributed by atoms with Crippen molar-refractivity contribution in [3.63, 3.8) is 0 Å². The molecule has 0 atom stereocenters. The number of thioether (sulfide) groups is 1. The van der Waals surface area contributed by atoms with E-state index < -0.39 is 35.3 Å². The summed E-state index contributed by atoms with van der Waals surface area (Å²) in [7, 11) is 1.24. The monoisotopic (exact) mass is 670 g/mol. The molecular formula is C31H22BrF3N2O5S. The predicted octanol–water partition coefficient (Wildman–Crippen LogP) is 7.88. The molecule has 12 heteroatoms. The lowest BCUT2D eigenvalue weighted by molar-refractivity contribution is -0.137. The average Bonchev–Trinajstić information content (AvgIpc) is 3.23. The summed E-state index contributed by atoms with van der Waals surface area (Å²) >= 11 is 4.06. The van der Waals surface area contributed by atoms with Gasteiger partial charge in [0.1, 0.15) is 24.7 Å². The molecule has 1 fully saturated rings. The van der Waals surface area contributed by atoms with Gasteiger partial charge >= 0.3 is 6.18 Å². The van der Waals surface area contributed by atoms with E-state index in [1.807, 2.05) is 42.5 Å². The minimum absolute atomic E-state index is 0.0129. The van der Waals surface area contributed by atoms with Crippen molar-refractivity contribution in [1.29, 1.82) is 0 Å². The van der Waals surface area contributed by atoms with Crippen LogP contribution in [0.3, 0.4) is 0 Å². The third kappa shape index (κ3) is 6.86. The minimum atomic E-state index is -4.65. The fraction of sp³-hybridized carbons (Fsp3) is 0.129. The third-order valence-corrected chi connectivity index (χ3v) is 7.90. The van der Waals surface area contributed by atoms with Crippen molar-refractivity contribution in [3.05, 3.63) is 105 Å². The van der Waals surface area contributed by atoms with Gasteiger partial charge in [-0.05, 0) is 70.6 Å². The number of imide groups is 1. The highest BCUT2D eigenvalue weighted by Gasteiger charge is 2.37. The molecule has 1 heterocycles. The summed E-state index contributed by atoms with van der Waals surface area (Å²) in [6, 6.07) is 21.7. The van der Waals surface area contributed by atoms with Crippen molar-refractivity contribution >= 4 is 67.3 Å². The van der Waals surface area contributed by atoms with Gasteiger partial charge in [0.05, 0.1) is 23.3 Å². The first kappa shape index (κ1) is 30.2. The molecule has 1 saturated heterocycles. The molecule has 7 nitrogen and oxygen atoms in total. The van der Waals surface area contributed by atoms with Crippen LogP contribution in [0.5, 0.6) is 11.5 Å². The zero-order valence-electron chi connectivity index (χ0n) is 22.4. The van der Waals surface area contributed by atoms with Gasteiger partial charge in [0.25, 0.3) is 11.1 Å². The summed E-state index contributed by atoms with van der Waals surface area (Å²) in [5.41, 5.74) is 0.256. The maximum absolute atomic E-state index is 13.2. The Bertz CT molecular complexity index is 1770. The van der Waals surface area contributed by atoms with Crippen molar-refractivity contribution in [1.82, 2.24) is 4.90 Å². The van der Waals surface area contributed by atoms with Gasteiger partial charge in [-0.2, -0.15) is 13.2 Å². The number of halogens is 4.